The predicted octanol–water partition coefficient (Wildman–Crippen LogP) is 1.86. The number of carbonyl (C=O) groups excluding carboxylic acids is 1. The Bertz CT molecular complexity index is 662. The summed E-state index contributed by atoms with van der Waals surface area (Å²) in [6.07, 6.45) is 0.488. The molecule has 0 aliphatic heterocycles. The predicted molar refractivity (Wildman–Crippen MR) is 98.7 cm³/mol. The van der Waals surface area contributed by atoms with Gasteiger partial charge >= 0.3 is 0 Å². The fraction of sp³-hybridized carbons (Fsp3) is 0.632. The maximum absolute atomic E-state index is 12.8. The van der Waals surface area contributed by atoms with E-state index in [-0.39, 0.29) is 18.6 Å². The molecule has 146 valence electrons. The maximum Gasteiger partial charge on any atom is 0.241 e. The van der Waals surface area contributed by atoms with Gasteiger partial charge in [-0.05, 0) is 13.0 Å². The van der Waals surface area contributed by atoms with Gasteiger partial charge in [0.1, 0.15) is 11.3 Å². The van der Waals surface area contributed by atoms with Crippen LogP contribution in [0.1, 0.15) is 32.8 Å². The van der Waals surface area contributed by atoms with Crippen molar-refractivity contribution in [1.29, 1.82) is 0 Å². The molecule has 26 heavy (non-hydrogen) atoms. The highest BCUT2D eigenvalue weighted by atomic mass is 16.5. The lowest BCUT2D eigenvalue weighted by molar-refractivity contribution is -0.170. The van der Waals surface area contributed by atoms with Crippen LogP contribution in [-0.4, -0.2) is 45.5 Å². The summed E-state index contributed by atoms with van der Waals surface area (Å²) in [5.74, 6) is 1.54. The molecule has 1 aliphatic rings. The quantitative estimate of drug-likeness (QED) is 0.730. The minimum Gasteiger partial charge on any atom is -0.496 e. The summed E-state index contributed by atoms with van der Waals surface area (Å²) < 4.78 is 21.7. The van der Waals surface area contributed by atoms with Gasteiger partial charge in [0.05, 0.1) is 27.4 Å². The Hall–Kier alpha value is -1.99. The fourth-order valence-corrected chi connectivity index (χ4v) is 3.38. The average molecular weight is 366 g/mol. The van der Waals surface area contributed by atoms with Crippen molar-refractivity contribution in [2.45, 2.75) is 45.4 Å². The Morgan fingerprint density at radius 3 is 2.23 bits per heavy atom. The first-order chi connectivity index (χ1) is 12.2. The van der Waals surface area contributed by atoms with Crippen LogP contribution < -0.4 is 25.3 Å². The number of carbonyl (C=O) groups is 1. The lowest BCUT2D eigenvalue weighted by Gasteiger charge is -2.57. The smallest absolute Gasteiger partial charge is 0.241 e. The van der Waals surface area contributed by atoms with E-state index < -0.39 is 11.0 Å². The molecular formula is C19H30N2O5. The Kier molecular flexibility index (Phi) is 6.03. The van der Waals surface area contributed by atoms with E-state index in [1.807, 2.05) is 20.8 Å². The van der Waals surface area contributed by atoms with Crippen LogP contribution in [0.2, 0.25) is 0 Å². The van der Waals surface area contributed by atoms with E-state index in [0.717, 1.165) is 5.56 Å². The van der Waals surface area contributed by atoms with Crippen LogP contribution in [0, 0.1) is 5.41 Å². The van der Waals surface area contributed by atoms with E-state index in [1.54, 1.807) is 33.5 Å². The fourth-order valence-electron chi connectivity index (χ4n) is 3.38. The van der Waals surface area contributed by atoms with Gasteiger partial charge in [0.2, 0.25) is 5.91 Å². The van der Waals surface area contributed by atoms with Crippen molar-refractivity contribution in [3.8, 4) is 17.2 Å². The van der Waals surface area contributed by atoms with Crippen molar-refractivity contribution >= 4 is 5.91 Å². The third kappa shape index (κ3) is 3.33. The zero-order valence-electron chi connectivity index (χ0n) is 16.5. The molecular weight excluding hydrogens is 336 g/mol. The monoisotopic (exact) mass is 366 g/mol. The van der Waals surface area contributed by atoms with E-state index >= 15 is 0 Å². The van der Waals surface area contributed by atoms with Gasteiger partial charge in [-0.15, -0.1) is 0 Å². The molecule has 1 amide bonds. The highest BCUT2D eigenvalue weighted by Crippen LogP contribution is 2.49. The van der Waals surface area contributed by atoms with Crippen molar-refractivity contribution in [2.24, 2.45) is 11.1 Å². The van der Waals surface area contributed by atoms with Gasteiger partial charge in [0.15, 0.2) is 11.5 Å². The first kappa shape index (κ1) is 20.3. The summed E-state index contributed by atoms with van der Waals surface area (Å²) in [5.41, 5.74) is 5.79. The number of amides is 1. The third-order valence-corrected chi connectivity index (χ3v) is 5.46. The standard InChI is InChI=1S/C19H30N2O5/c1-7-26-16-10-19(20,18(16,2)3)17(22)21-11-12-8-14(24-5)15(25-6)9-13(12)23-4/h8-9,16H,7,10-11,20H2,1-6H3,(H,21,22). The minimum atomic E-state index is -0.962. The van der Waals surface area contributed by atoms with Crippen molar-refractivity contribution in [3.05, 3.63) is 17.7 Å². The number of benzene rings is 1. The van der Waals surface area contributed by atoms with E-state index in [4.69, 9.17) is 24.7 Å². The summed E-state index contributed by atoms with van der Waals surface area (Å²) >= 11 is 0. The average Bonchev–Trinajstić information content (AvgIpc) is 2.64. The van der Waals surface area contributed by atoms with E-state index in [2.05, 4.69) is 5.32 Å². The minimum absolute atomic E-state index is 0.0149. The van der Waals surface area contributed by atoms with Gasteiger partial charge in [-0.1, -0.05) is 13.8 Å². The largest absolute Gasteiger partial charge is 0.496 e. The van der Waals surface area contributed by atoms with Crippen LogP contribution >= 0.6 is 0 Å². The summed E-state index contributed by atoms with van der Waals surface area (Å²) in [4.78, 5) is 12.8. The molecule has 1 saturated carbocycles. The summed E-state index contributed by atoms with van der Waals surface area (Å²) in [6, 6.07) is 3.52. The van der Waals surface area contributed by atoms with Crippen LogP contribution in [0.25, 0.3) is 0 Å². The number of ether oxygens (including phenoxy) is 4. The van der Waals surface area contributed by atoms with Gasteiger partial charge < -0.3 is 30.0 Å². The van der Waals surface area contributed by atoms with Gasteiger partial charge in [-0.3, -0.25) is 4.79 Å². The molecule has 1 aromatic carbocycles. The molecule has 2 rings (SSSR count). The van der Waals surface area contributed by atoms with E-state index in [1.165, 1.54) is 0 Å². The normalized spacial score (nSPS) is 23.7. The molecule has 1 fully saturated rings. The molecule has 0 radical (unpaired) electrons. The topological polar surface area (TPSA) is 92.0 Å². The molecule has 7 nitrogen and oxygen atoms in total. The van der Waals surface area contributed by atoms with E-state index in [0.29, 0.717) is 30.3 Å². The molecule has 2 unspecified atom stereocenters. The molecule has 7 heteroatoms. The van der Waals surface area contributed by atoms with Crippen LogP contribution in [0.3, 0.4) is 0 Å². The number of nitrogens with two attached hydrogens (primary N) is 1. The first-order valence-corrected chi connectivity index (χ1v) is 8.72. The lowest BCUT2D eigenvalue weighted by atomic mass is 9.54. The van der Waals surface area contributed by atoms with Gasteiger partial charge in [-0.2, -0.15) is 0 Å². The Balaban J connectivity index is 2.12. The molecule has 0 bridgehead atoms. The van der Waals surface area contributed by atoms with Crippen LogP contribution in [0.15, 0.2) is 12.1 Å². The highest BCUT2D eigenvalue weighted by molar-refractivity contribution is 5.88. The highest BCUT2D eigenvalue weighted by Gasteiger charge is 2.62. The van der Waals surface area contributed by atoms with Crippen LogP contribution in [-0.2, 0) is 16.1 Å². The first-order valence-electron chi connectivity index (χ1n) is 8.72. The number of hydrogen-bond acceptors (Lipinski definition) is 6. The molecule has 3 N–H and O–H groups in total. The zero-order valence-corrected chi connectivity index (χ0v) is 16.5. The van der Waals surface area contributed by atoms with Crippen LogP contribution in [0.4, 0.5) is 0 Å². The van der Waals surface area contributed by atoms with Crippen molar-refractivity contribution in [1.82, 2.24) is 5.32 Å². The maximum atomic E-state index is 12.8. The number of rotatable bonds is 8. The SMILES string of the molecule is CCOC1CC(N)(C(=O)NCc2cc(OC)c(OC)cc2OC)C1(C)C. The Labute approximate surface area is 155 Å². The second kappa shape index (κ2) is 7.72. The molecule has 0 saturated heterocycles. The third-order valence-electron chi connectivity index (χ3n) is 5.46. The van der Waals surface area contributed by atoms with Gasteiger partial charge in [0, 0.05) is 36.6 Å². The van der Waals surface area contributed by atoms with Crippen molar-refractivity contribution in [2.75, 3.05) is 27.9 Å². The summed E-state index contributed by atoms with van der Waals surface area (Å²) in [5, 5.41) is 2.93. The van der Waals surface area contributed by atoms with Crippen LogP contribution in [0.5, 0.6) is 17.2 Å². The number of hydrogen-bond donors (Lipinski definition) is 2. The molecule has 0 heterocycles. The molecule has 1 aromatic rings. The Morgan fingerprint density at radius 1 is 1.15 bits per heavy atom. The summed E-state index contributed by atoms with van der Waals surface area (Å²) in [6.45, 7) is 6.75. The summed E-state index contributed by atoms with van der Waals surface area (Å²) in [7, 11) is 4.69. The van der Waals surface area contributed by atoms with Gasteiger partial charge in [0.25, 0.3) is 0 Å². The second-order valence-corrected chi connectivity index (χ2v) is 7.04. The van der Waals surface area contributed by atoms with E-state index in [9.17, 15) is 4.79 Å². The Morgan fingerprint density at radius 2 is 1.73 bits per heavy atom. The molecule has 0 spiro atoms. The van der Waals surface area contributed by atoms with Crippen molar-refractivity contribution < 1.29 is 23.7 Å². The zero-order chi connectivity index (χ0) is 19.5. The number of methoxy groups -OCH3 is 3. The lowest BCUT2D eigenvalue weighted by Crippen LogP contribution is -2.75. The van der Waals surface area contributed by atoms with Crippen molar-refractivity contribution in [3.63, 3.8) is 0 Å². The second-order valence-electron chi connectivity index (χ2n) is 7.04. The molecule has 1 aliphatic carbocycles. The molecule has 0 aromatic heterocycles. The van der Waals surface area contributed by atoms with Gasteiger partial charge in [-0.25, -0.2) is 0 Å². The molecule has 2 atom stereocenters. The number of nitrogens with one attached hydrogen (secondary N) is 1.